The summed E-state index contributed by atoms with van der Waals surface area (Å²) in [5.41, 5.74) is 8.33. The van der Waals surface area contributed by atoms with Crippen molar-refractivity contribution >= 4 is 0 Å². The van der Waals surface area contributed by atoms with Gasteiger partial charge in [-0.25, -0.2) is 4.39 Å². The van der Waals surface area contributed by atoms with Crippen LogP contribution in [0.2, 0.25) is 0 Å². The fraction of sp³-hybridized carbons (Fsp3) is 0.625. The van der Waals surface area contributed by atoms with Crippen LogP contribution in [0.15, 0.2) is 18.2 Å². The van der Waals surface area contributed by atoms with E-state index < -0.39 is 0 Å². The van der Waals surface area contributed by atoms with Crippen molar-refractivity contribution in [2.24, 2.45) is 11.7 Å². The molecule has 0 fully saturated rings. The lowest BCUT2D eigenvalue weighted by molar-refractivity contribution is 0.388. The van der Waals surface area contributed by atoms with Crippen LogP contribution >= 0.6 is 0 Å². The number of benzene rings is 1. The Bertz CT molecular complexity index is 362. The number of hydrogen-bond donors (Lipinski definition) is 1. The second-order valence-electron chi connectivity index (χ2n) is 5.26. The second kappa shape index (κ2) is 7.52. The number of unbranched alkanes of at least 4 members (excludes halogenated alkanes) is 1. The van der Waals surface area contributed by atoms with E-state index in [-0.39, 0.29) is 11.9 Å². The average molecular weight is 251 g/mol. The van der Waals surface area contributed by atoms with E-state index in [9.17, 15) is 4.39 Å². The van der Waals surface area contributed by atoms with Gasteiger partial charge in [-0.2, -0.15) is 0 Å². The van der Waals surface area contributed by atoms with Gasteiger partial charge in [-0.1, -0.05) is 45.6 Å². The average Bonchev–Trinajstić information content (AvgIpc) is 2.34. The van der Waals surface area contributed by atoms with Gasteiger partial charge in [0.25, 0.3) is 0 Å². The topological polar surface area (TPSA) is 26.0 Å². The maximum Gasteiger partial charge on any atom is 0.123 e. The normalized spacial score (nSPS) is 14.5. The van der Waals surface area contributed by atoms with Crippen molar-refractivity contribution < 1.29 is 4.39 Å². The van der Waals surface area contributed by atoms with Gasteiger partial charge in [0.1, 0.15) is 5.82 Å². The summed E-state index contributed by atoms with van der Waals surface area (Å²) in [7, 11) is 0. The van der Waals surface area contributed by atoms with Gasteiger partial charge in [0.2, 0.25) is 0 Å². The van der Waals surface area contributed by atoms with Crippen LogP contribution in [0.4, 0.5) is 4.39 Å². The molecular weight excluding hydrogens is 225 g/mol. The lowest BCUT2D eigenvalue weighted by Crippen LogP contribution is -2.16. The quantitative estimate of drug-likeness (QED) is 0.744. The van der Waals surface area contributed by atoms with Crippen LogP contribution in [-0.2, 0) is 0 Å². The Hall–Kier alpha value is -0.890. The van der Waals surface area contributed by atoms with Gasteiger partial charge in [-0.3, -0.25) is 0 Å². The van der Waals surface area contributed by atoms with E-state index in [1.807, 2.05) is 13.0 Å². The summed E-state index contributed by atoms with van der Waals surface area (Å²) in [4.78, 5) is 0. The molecule has 2 unspecified atom stereocenters. The van der Waals surface area contributed by atoms with Gasteiger partial charge in [0.15, 0.2) is 0 Å². The first-order valence-corrected chi connectivity index (χ1v) is 7.10. The molecule has 0 aromatic heterocycles. The highest BCUT2D eigenvalue weighted by Crippen LogP contribution is 2.27. The maximum absolute atomic E-state index is 13.1. The number of nitrogens with two attached hydrogens (primary N) is 1. The molecule has 0 radical (unpaired) electrons. The van der Waals surface area contributed by atoms with E-state index in [0.29, 0.717) is 5.92 Å². The number of aryl methyl sites for hydroxylation is 1. The molecule has 0 aliphatic carbocycles. The van der Waals surface area contributed by atoms with Crippen LogP contribution < -0.4 is 5.73 Å². The predicted octanol–water partition coefficient (Wildman–Crippen LogP) is 4.74. The molecule has 0 aliphatic rings. The van der Waals surface area contributed by atoms with Crippen molar-refractivity contribution in [3.05, 3.63) is 35.1 Å². The second-order valence-corrected chi connectivity index (χ2v) is 5.26. The molecule has 0 saturated carbocycles. The highest BCUT2D eigenvalue weighted by molar-refractivity contribution is 5.29. The lowest BCUT2D eigenvalue weighted by atomic mass is 9.88. The van der Waals surface area contributed by atoms with E-state index in [1.54, 1.807) is 6.07 Å². The third-order valence-corrected chi connectivity index (χ3v) is 3.76. The van der Waals surface area contributed by atoms with Crippen molar-refractivity contribution in [2.45, 2.75) is 58.9 Å². The van der Waals surface area contributed by atoms with Crippen LogP contribution in [0.1, 0.15) is 63.1 Å². The molecule has 2 heteroatoms. The van der Waals surface area contributed by atoms with Crippen LogP contribution in [-0.4, -0.2) is 0 Å². The predicted molar refractivity (Wildman–Crippen MR) is 76.0 cm³/mol. The largest absolute Gasteiger partial charge is 0.324 e. The summed E-state index contributed by atoms with van der Waals surface area (Å²) in [6, 6.07) is 4.95. The third-order valence-electron chi connectivity index (χ3n) is 3.76. The van der Waals surface area contributed by atoms with Crippen molar-refractivity contribution in [3.8, 4) is 0 Å². The Kier molecular flexibility index (Phi) is 6.34. The summed E-state index contributed by atoms with van der Waals surface area (Å²) >= 11 is 0. The smallest absolute Gasteiger partial charge is 0.123 e. The first-order chi connectivity index (χ1) is 8.58. The monoisotopic (exact) mass is 251 g/mol. The molecule has 1 rings (SSSR count). The Labute approximate surface area is 111 Å². The van der Waals surface area contributed by atoms with Gasteiger partial charge in [-0.15, -0.1) is 0 Å². The Morgan fingerprint density at radius 2 is 2.00 bits per heavy atom. The van der Waals surface area contributed by atoms with Crippen LogP contribution in [0.5, 0.6) is 0 Å². The number of hydrogen-bond acceptors (Lipinski definition) is 1. The molecule has 0 heterocycles. The van der Waals surface area contributed by atoms with Crippen molar-refractivity contribution in [3.63, 3.8) is 0 Å². The molecular formula is C16H26FN. The van der Waals surface area contributed by atoms with E-state index in [4.69, 9.17) is 5.73 Å². The molecule has 0 aliphatic heterocycles. The molecule has 0 bridgehead atoms. The van der Waals surface area contributed by atoms with Gasteiger partial charge >= 0.3 is 0 Å². The fourth-order valence-electron chi connectivity index (χ4n) is 2.52. The molecule has 0 saturated heterocycles. The molecule has 102 valence electrons. The van der Waals surface area contributed by atoms with Crippen molar-refractivity contribution in [1.82, 2.24) is 0 Å². The number of halogens is 1. The lowest BCUT2D eigenvalue weighted by Gasteiger charge is -2.21. The zero-order chi connectivity index (χ0) is 13.5. The van der Waals surface area contributed by atoms with Crippen LogP contribution in [0.3, 0.4) is 0 Å². The summed E-state index contributed by atoms with van der Waals surface area (Å²) in [6.07, 6.45) is 5.94. The zero-order valence-electron chi connectivity index (χ0n) is 11.9. The Morgan fingerprint density at radius 1 is 1.28 bits per heavy atom. The van der Waals surface area contributed by atoms with E-state index >= 15 is 0 Å². The molecule has 1 nitrogen and oxygen atoms in total. The molecule has 2 atom stereocenters. The highest BCUT2D eigenvalue weighted by atomic mass is 19.1. The summed E-state index contributed by atoms with van der Waals surface area (Å²) in [5.74, 6) is 0.505. The molecule has 2 N–H and O–H groups in total. The summed E-state index contributed by atoms with van der Waals surface area (Å²) in [5, 5.41) is 0. The van der Waals surface area contributed by atoms with Gasteiger partial charge < -0.3 is 5.73 Å². The van der Waals surface area contributed by atoms with Crippen LogP contribution in [0.25, 0.3) is 0 Å². The minimum atomic E-state index is -0.179. The van der Waals surface area contributed by atoms with Crippen molar-refractivity contribution in [1.29, 1.82) is 0 Å². The number of rotatable bonds is 7. The highest BCUT2D eigenvalue weighted by Gasteiger charge is 2.15. The summed E-state index contributed by atoms with van der Waals surface area (Å²) in [6.45, 7) is 6.38. The van der Waals surface area contributed by atoms with E-state index in [2.05, 4.69) is 13.8 Å². The van der Waals surface area contributed by atoms with E-state index in [0.717, 1.165) is 17.5 Å². The van der Waals surface area contributed by atoms with Gasteiger partial charge in [0.05, 0.1) is 0 Å². The van der Waals surface area contributed by atoms with Gasteiger partial charge in [0, 0.05) is 6.04 Å². The molecule has 18 heavy (non-hydrogen) atoms. The summed E-state index contributed by atoms with van der Waals surface area (Å²) < 4.78 is 13.1. The molecule has 0 spiro atoms. The van der Waals surface area contributed by atoms with Crippen LogP contribution in [0, 0.1) is 18.7 Å². The van der Waals surface area contributed by atoms with Crippen molar-refractivity contribution in [2.75, 3.05) is 0 Å². The van der Waals surface area contributed by atoms with Gasteiger partial charge in [-0.05, 0) is 42.5 Å². The minimum absolute atomic E-state index is 0.0346. The first kappa shape index (κ1) is 15.2. The van der Waals surface area contributed by atoms with E-state index in [1.165, 1.54) is 31.7 Å². The minimum Gasteiger partial charge on any atom is -0.324 e. The SMILES string of the molecule is CCCCC(CC)CC(N)c1ccc(F)cc1C. The third kappa shape index (κ3) is 4.41. The standard InChI is InChI=1S/C16H26FN/c1-4-6-7-13(5-2)11-16(18)15-9-8-14(17)10-12(15)3/h8-10,13,16H,4-7,11,18H2,1-3H3. The fourth-order valence-corrected chi connectivity index (χ4v) is 2.52. The zero-order valence-corrected chi connectivity index (χ0v) is 11.9. The Morgan fingerprint density at radius 3 is 2.56 bits per heavy atom. The Balaban J connectivity index is 2.65. The maximum atomic E-state index is 13.1. The molecule has 0 amide bonds. The molecule has 1 aromatic rings. The molecule has 1 aromatic carbocycles. The first-order valence-electron chi connectivity index (χ1n) is 7.10.